The van der Waals surface area contributed by atoms with E-state index in [4.69, 9.17) is 37.9 Å². The Morgan fingerprint density at radius 1 is 0.845 bits per heavy atom. The third-order valence-electron chi connectivity index (χ3n) is 11.5. The van der Waals surface area contributed by atoms with Gasteiger partial charge in [-0.1, -0.05) is 45.4 Å². The zero-order valence-corrected chi connectivity index (χ0v) is 34.8. The number of carbonyl (C=O) groups excluding carboxylic acids is 5. The van der Waals surface area contributed by atoms with Gasteiger partial charge in [0, 0.05) is 57.1 Å². The van der Waals surface area contributed by atoms with Crippen molar-refractivity contribution >= 4 is 29.8 Å². The summed E-state index contributed by atoms with van der Waals surface area (Å²) in [4.78, 5) is 63.2. The molecule has 4 aliphatic rings. The standard InChI is InChI=1S/C41H60O17/c1-22(42)32-19-29-15-26(16-35(47)52-9)37(54-24(3)44)41(50,58-29)38(4,5)11-10-28-12-25(14-34(46)51-8)13-31(55-28)21-40(49)39(6,7)33(53-23(2)43)20-30(57-40)17-27(45)18-36(48)56-32/h10-11,14,16,22,27-33,37,42,45,49-50H,12-13,15,17-21H2,1-9H3/b11-10-,25-14+,26-16+/t22-,27+,28+,29+,30-,31+,32-,33+,37+,40+,41-/m1/s1. The van der Waals surface area contributed by atoms with Crippen molar-refractivity contribution in [2.75, 3.05) is 14.2 Å². The summed E-state index contributed by atoms with van der Waals surface area (Å²) in [6, 6.07) is 0. The van der Waals surface area contributed by atoms with E-state index >= 15 is 0 Å². The molecule has 0 spiro atoms. The summed E-state index contributed by atoms with van der Waals surface area (Å²) in [6.07, 6.45) is -5.03. The lowest BCUT2D eigenvalue weighted by Crippen LogP contribution is -2.62. The number of hydrogen-bond donors (Lipinski definition) is 4. The molecule has 0 amide bonds. The van der Waals surface area contributed by atoms with E-state index in [1.54, 1.807) is 39.8 Å². The molecule has 4 rings (SSSR count). The van der Waals surface area contributed by atoms with Gasteiger partial charge in [0.05, 0.1) is 62.7 Å². The molecule has 58 heavy (non-hydrogen) atoms. The Bertz CT molecular complexity index is 1630. The lowest BCUT2D eigenvalue weighted by Gasteiger charge is -2.53. The van der Waals surface area contributed by atoms with E-state index in [9.17, 15) is 44.4 Å². The summed E-state index contributed by atoms with van der Waals surface area (Å²) in [6.45, 7) is 10.3. The first kappa shape index (κ1) is 47.0. The van der Waals surface area contributed by atoms with Gasteiger partial charge in [-0.05, 0) is 31.8 Å². The van der Waals surface area contributed by atoms with Crippen molar-refractivity contribution < 1.29 is 82.3 Å². The highest BCUT2D eigenvalue weighted by atomic mass is 16.7. The van der Waals surface area contributed by atoms with Crippen LogP contribution in [0, 0.1) is 10.8 Å². The van der Waals surface area contributed by atoms with Crippen LogP contribution in [0.4, 0.5) is 0 Å². The van der Waals surface area contributed by atoms with Crippen molar-refractivity contribution in [3.05, 3.63) is 35.5 Å². The number of hydrogen-bond acceptors (Lipinski definition) is 17. The molecule has 326 valence electrons. The van der Waals surface area contributed by atoms with E-state index in [2.05, 4.69) is 0 Å². The molecule has 0 aromatic heterocycles. The number of aliphatic hydroxyl groups is 4. The fourth-order valence-electron chi connectivity index (χ4n) is 8.11. The van der Waals surface area contributed by atoms with Gasteiger partial charge >= 0.3 is 29.8 Å². The molecule has 4 aliphatic heterocycles. The predicted octanol–water partition coefficient (Wildman–Crippen LogP) is 2.39. The molecule has 0 unspecified atom stereocenters. The maximum absolute atomic E-state index is 13.3. The Labute approximate surface area is 338 Å². The molecule has 17 nitrogen and oxygen atoms in total. The average Bonchev–Trinajstić information content (AvgIpc) is 3.09. The van der Waals surface area contributed by atoms with Crippen LogP contribution in [0.15, 0.2) is 35.5 Å². The fraction of sp³-hybridized carbons (Fsp3) is 0.732. The lowest BCUT2D eigenvalue weighted by molar-refractivity contribution is -0.348. The van der Waals surface area contributed by atoms with Crippen LogP contribution in [0.25, 0.3) is 0 Å². The number of rotatable bonds is 5. The molecule has 0 radical (unpaired) electrons. The topological polar surface area (TPSA) is 240 Å². The fourth-order valence-corrected chi connectivity index (χ4v) is 8.11. The van der Waals surface area contributed by atoms with Gasteiger partial charge < -0.3 is 58.3 Å². The van der Waals surface area contributed by atoms with Gasteiger partial charge in [0.15, 0.2) is 11.9 Å². The van der Waals surface area contributed by atoms with Crippen LogP contribution in [-0.2, 0) is 61.9 Å². The number of aliphatic hydroxyl groups excluding tert-OH is 2. The van der Waals surface area contributed by atoms with Crippen LogP contribution in [0.5, 0.6) is 0 Å². The largest absolute Gasteiger partial charge is 0.466 e. The van der Waals surface area contributed by atoms with Crippen LogP contribution < -0.4 is 0 Å². The zero-order chi connectivity index (χ0) is 43.4. The smallest absolute Gasteiger partial charge is 0.330 e. The summed E-state index contributed by atoms with van der Waals surface area (Å²) in [5.74, 6) is -8.15. The molecule has 0 aromatic carbocycles. The van der Waals surface area contributed by atoms with Crippen molar-refractivity contribution in [2.45, 2.75) is 166 Å². The average molecular weight is 825 g/mol. The maximum Gasteiger partial charge on any atom is 0.330 e. The Kier molecular flexibility index (Phi) is 15.1. The number of fused-ring (bicyclic) bond motifs is 6. The second kappa shape index (κ2) is 18.7. The highest BCUT2D eigenvalue weighted by molar-refractivity contribution is 5.83. The van der Waals surface area contributed by atoms with Gasteiger partial charge in [0.2, 0.25) is 5.79 Å². The number of ether oxygens (including phenoxy) is 8. The van der Waals surface area contributed by atoms with Gasteiger partial charge in [0.1, 0.15) is 12.2 Å². The molecule has 4 heterocycles. The first-order chi connectivity index (χ1) is 26.9. The molecule has 0 aromatic rings. The van der Waals surface area contributed by atoms with Gasteiger partial charge in [-0.25, -0.2) is 9.59 Å². The molecular formula is C41H60O17. The Balaban J connectivity index is 1.88. The zero-order valence-electron chi connectivity index (χ0n) is 34.8. The van der Waals surface area contributed by atoms with Crippen LogP contribution in [-0.4, -0.2) is 131 Å². The van der Waals surface area contributed by atoms with Crippen LogP contribution >= 0.6 is 0 Å². The molecular weight excluding hydrogens is 764 g/mol. The minimum Gasteiger partial charge on any atom is -0.466 e. The third-order valence-corrected chi connectivity index (χ3v) is 11.5. The minimum absolute atomic E-state index is 0.0778. The highest BCUT2D eigenvalue weighted by Crippen LogP contribution is 2.50. The monoisotopic (exact) mass is 824 g/mol. The van der Waals surface area contributed by atoms with Crippen molar-refractivity contribution in [1.82, 2.24) is 0 Å². The molecule has 3 saturated heterocycles. The Hall–Kier alpha value is -3.71. The second-order valence-corrected chi connectivity index (χ2v) is 16.9. The van der Waals surface area contributed by atoms with Crippen molar-refractivity contribution in [1.29, 1.82) is 0 Å². The first-order valence-corrected chi connectivity index (χ1v) is 19.5. The van der Waals surface area contributed by atoms with Crippen molar-refractivity contribution in [3.63, 3.8) is 0 Å². The van der Waals surface area contributed by atoms with Gasteiger partial charge in [0.25, 0.3) is 0 Å². The van der Waals surface area contributed by atoms with E-state index in [1.165, 1.54) is 27.0 Å². The van der Waals surface area contributed by atoms with Crippen LogP contribution in [0.1, 0.15) is 99.8 Å². The number of cyclic esters (lactones) is 1. The van der Waals surface area contributed by atoms with E-state index in [0.29, 0.717) is 5.57 Å². The van der Waals surface area contributed by atoms with E-state index in [1.807, 2.05) is 0 Å². The molecule has 0 saturated carbocycles. The molecule has 3 fully saturated rings. The SMILES string of the molecule is COC(=O)/C=C1/C[C@H]2C[C@]3(O)O[C@H](C[C@H](O)CC(=O)O[C@@H]([C@@H](C)O)C[C@@H]4C/C(=C\C(=O)OC)[C@H](OC(C)=O)[C@@](O)(O4)C(C)(C)/C=C\[C@@H](C1)O2)C[C@H](OC(C)=O)C3(C)C. The molecule has 4 N–H and O–H groups in total. The van der Waals surface area contributed by atoms with Crippen LogP contribution in [0.2, 0.25) is 0 Å². The molecule has 17 heteroatoms. The highest BCUT2D eigenvalue weighted by Gasteiger charge is 2.59. The lowest BCUT2D eigenvalue weighted by atomic mass is 9.70. The molecule has 0 aliphatic carbocycles. The van der Waals surface area contributed by atoms with Gasteiger partial charge in [-0.2, -0.15) is 0 Å². The number of esters is 5. The predicted molar refractivity (Wildman–Crippen MR) is 201 cm³/mol. The first-order valence-electron chi connectivity index (χ1n) is 19.5. The number of methoxy groups -OCH3 is 2. The summed E-state index contributed by atoms with van der Waals surface area (Å²) < 4.78 is 46.0. The van der Waals surface area contributed by atoms with Gasteiger partial charge in [-0.3, -0.25) is 14.4 Å². The van der Waals surface area contributed by atoms with Crippen molar-refractivity contribution in [3.8, 4) is 0 Å². The Morgan fingerprint density at radius 2 is 1.48 bits per heavy atom. The summed E-state index contributed by atoms with van der Waals surface area (Å²) in [5, 5.41) is 46.9. The molecule has 11 atom stereocenters. The minimum atomic E-state index is -2.41. The molecule has 6 bridgehead atoms. The van der Waals surface area contributed by atoms with E-state index in [-0.39, 0.29) is 50.5 Å². The Morgan fingerprint density at radius 3 is 2.09 bits per heavy atom. The third kappa shape index (κ3) is 11.1. The summed E-state index contributed by atoms with van der Waals surface area (Å²) in [5.41, 5.74) is -1.97. The van der Waals surface area contributed by atoms with E-state index < -0.39 is 114 Å². The van der Waals surface area contributed by atoms with Gasteiger partial charge in [-0.15, -0.1) is 0 Å². The second-order valence-electron chi connectivity index (χ2n) is 16.9. The number of carbonyl (C=O) groups is 5. The normalized spacial score (nSPS) is 38.0. The maximum atomic E-state index is 13.3. The summed E-state index contributed by atoms with van der Waals surface area (Å²) in [7, 11) is 2.40. The quantitative estimate of drug-likeness (QED) is 0.135. The van der Waals surface area contributed by atoms with E-state index in [0.717, 1.165) is 20.1 Å². The van der Waals surface area contributed by atoms with Crippen molar-refractivity contribution in [2.24, 2.45) is 10.8 Å². The summed E-state index contributed by atoms with van der Waals surface area (Å²) >= 11 is 0. The van der Waals surface area contributed by atoms with Crippen LogP contribution in [0.3, 0.4) is 0 Å².